The Morgan fingerprint density at radius 2 is 2.11 bits per heavy atom. The van der Waals surface area contributed by atoms with E-state index in [1.54, 1.807) is 0 Å². The number of nitrogens with one attached hydrogen (secondary N) is 4. The first-order valence-corrected chi connectivity index (χ1v) is 8.93. The molecule has 0 aliphatic heterocycles. The van der Waals surface area contributed by atoms with E-state index in [9.17, 15) is 4.79 Å². The number of rotatable bonds is 6. The van der Waals surface area contributed by atoms with Crippen molar-refractivity contribution < 1.29 is 4.79 Å². The van der Waals surface area contributed by atoms with E-state index in [2.05, 4.69) is 41.6 Å². The van der Waals surface area contributed by atoms with Gasteiger partial charge in [0.2, 0.25) is 11.2 Å². The summed E-state index contributed by atoms with van der Waals surface area (Å²) < 4.78 is 0. The van der Waals surface area contributed by atoms with Crippen LogP contribution in [0.15, 0.2) is 36.8 Å². The number of aromatic nitrogens is 5. The average molecular weight is 384 g/mol. The molecule has 3 aromatic heterocycles. The van der Waals surface area contributed by atoms with Crippen LogP contribution in [0.4, 0.5) is 5.82 Å². The minimum absolute atomic E-state index is 0.0142. The number of imidazole rings is 1. The van der Waals surface area contributed by atoms with Gasteiger partial charge in [0.15, 0.2) is 11.5 Å². The smallest absolute Gasteiger partial charge is 0.239 e. The third kappa shape index (κ3) is 3.70. The molecule has 4 aromatic rings. The van der Waals surface area contributed by atoms with Crippen LogP contribution < -0.4 is 10.6 Å². The second-order valence-corrected chi connectivity index (χ2v) is 6.67. The molecular weight excluding hydrogens is 366 g/mol. The number of hydrogen-bond donors (Lipinski definition) is 4. The van der Waals surface area contributed by atoms with E-state index < -0.39 is 0 Å². The third-order valence-electron chi connectivity index (χ3n) is 4.28. The molecule has 3 heterocycles. The molecule has 4 N–H and O–H groups in total. The summed E-state index contributed by atoms with van der Waals surface area (Å²) >= 11 is 5.89. The van der Waals surface area contributed by atoms with Crippen LogP contribution in [0, 0.1) is 0 Å². The first kappa shape index (κ1) is 17.3. The van der Waals surface area contributed by atoms with Crippen LogP contribution in [-0.2, 0) is 11.2 Å². The fourth-order valence-electron chi connectivity index (χ4n) is 3.11. The number of anilines is 1. The van der Waals surface area contributed by atoms with Gasteiger partial charge in [-0.05, 0) is 36.6 Å². The van der Waals surface area contributed by atoms with E-state index in [1.807, 2.05) is 31.3 Å². The van der Waals surface area contributed by atoms with E-state index in [1.165, 1.54) is 17.3 Å². The van der Waals surface area contributed by atoms with Gasteiger partial charge in [-0.25, -0.2) is 4.98 Å². The Balaban J connectivity index is 1.37. The maximum atomic E-state index is 12.3. The van der Waals surface area contributed by atoms with Crippen LogP contribution in [0.3, 0.4) is 0 Å². The van der Waals surface area contributed by atoms with Gasteiger partial charge in [-0.3, -0.25) is 4.79 Å². The monoisotopic (exact) mass is 383 g/mol. The first-order valence-electron chi connectivity index (χ1n) is 8.55. The maximum absolute atomic E-state index is 12.3. The lowest BCUT2D eigenvalue weighted by atomic mass is 10.1. The lowest BCUT2D eigenvalue weighted by Gasteiger charge is -2.14. The normalized spacial score (nSPS) is 12.4. The molecule has 0 bridgehead atoms. The summed E-state index contributed by atoms with van der Waals surface area (Å²) in [6.07, 6.45) is 4.23. The highest BCUT2D eigenvalue weighted by Gasteiger charge is 2.13. The zero-order valence-corrected chi connectivity index (χ0v) is 15.3. The van der Waals surface area contributed by atoms with Gasteiger partial charge in [0.25, 0.3) is 0 Å². The fourth-order valence-corrected chi connectivity index (χ4v) is 3.27. The van der Waals surface area contributed by atoms with Crippen LogP contribution in [0.1, 0.15) is 12.5 Å². The minimum atomic E-state index is -0.134. The Labute approximate surface area is 159 Å². The molecule has 1 aromatic carbocycles. The predicted molar refractivity (Wildman–Crippen MR) is 105 cm³/mol. The summed E-state index contributed by atoms with van der Waals surface area (Å²) in [6.45, 7) is 2.05. The van der Waals surface area contributed by atoms with Gasteiger partial charge in [-0.15, -0.1) is 0 Å². The Hall–Kier alpha value is -3.13. The molecule has 1 amide bonds. The number of halogens is 1. The molecule has 0 aliphatic rings. The van der Waals surface area contributed by atoms with E-state index in [0.29, 0.717) is 17.0 Å². The van der Waals surface area contributed by atoms with Gasteiger partial charge >= 0.3 is 0 Å². The molecule has 0 unspecified atom stereocenters. The quantitative estimate of drug-likeness (QED) is 0.382. The van der Waals surface area contributed by atoms with Crippen molar-refractivity contribution in [1.82, 2.24) is 30.2 Å². The van der Waals surface area contributed by atoms with Crippen LogP contribution in [-0.4, -0.2) is 43.4 Å². The fraction of sp³-hybridized carbons (Fsp3) is 0.222. The molecule has 0 aliphatic carbocycles. The number of carbonyl (C=O) groups excluding carboxylic acids is 1. The number of para-hydroxylation sites is 1. The molecule has 4 rings (SSSR count). The molecule has 1 atom stereocenters. The number of fused-ring (bicyclic) bond motifs is 2. The maximum Gasteiger partial charge on any atom is 0.239 e. The highest BCUT2D eigenvalue weighted by atomic mass is 35.5. The number of benzene rings is 1. The first-order chi connectivity index (χ1) is 13.1. The van der Waals surface area contributed by atoms with Crippen molar-refractivity contribution in [3.05, 3.63) is 47.6 Å². The van der Waals surface area contributed by atoms with Gasteiger partial charge < -0.3 is 20.6 Å². The molecule has 0 saturated heterocycles. The van der Waals surface area contributed by atoms with Gasteiger partial charge in [0, 0.05) is 23.1 Å². The molecule has 0 spiro atoms. The molecule has 138 valence electrons. The number of hydrogen-bond acceptors (Lipinski definition) is 5. The van der Waals surface area contributed by atoms with Crippen molar-refractivity contribution in [3.8, 4) is 0 Å². The Kier molecular flexibility index (Phi) is 4.64. The number of aromatic amines is 2. The van der Waals surface area contributed by atoms with Crippen molar-refractivity contribution in [3.63, 3.8) is 0 Å². The van der Waals surface area contributed by atoms with Crippen LogP contribution >= 0.6 is 11.6 Å². The minimum Gasteiger partial charge on any atom is -0.361 e. The van der Waals surface area contributed by atoms with Gasteiger partial charge in [0.05, 0.1) is 12.9 Å². The predicted octanol–water partition coefficient (Wildman–Crippen LogP) is 2.65. The van der Waals surface area contributed by atoms with E-state index in [4.69, 9.17) is 11.6 Å². The van der Waals surface area contributed by atoms with Gasteiger partial charge in [-0.2, -0.15) is 9.97 Å². The summed E-state index contributed by atoms with van der Waals surface area (Å²) in [6, 6.07) is 8.10. The Morgan fingerprint density at radius 1 is 1.26 bits per heavy atom. The van der Waals surface area contributed by atoms with Crippen LogP contribution in [0.5, 0.6) is 0 Å². The zero-order chi connectivity index (χ0) is 18.8. The van der Waals surface area contributed by atoms with Crippen molar-refractivity contribution in [2.24, 2.45) is 0 Å². The molecular formula is C18H18ClN7O. The topological polar surface area (TPSA) is 111 Å². The molecule has 8 nitrogen and oxygen atoms in total. The Morgan fingerprint density at radius 3 is 3.00 bits per heavy atom. The van der Waals surface area contributed by atoms with Crippen molar-refractivity contribution in [1.29, 1.82) is 0 Å². The Bertz CT molecular complexity index is 1100. The highest BCUT2D eigenvalue weighted by Crippen LogP contribution is 2.19. The summed E-state index contributed by atoms with van der Waals surface area (Å²) in [5, 5.41) is 7.22. The lowest BCUT2D eigenvalue weighted by Crippen LogP contribution is -2.37. The van der Waals surface area contributed by atoms with E-state index >= 15 is 0 Å². The van der Waals surface area contributed by atoms with E-state index in [-0.39, 0.29) is 23.8 Å². The van der Waals surface area contributed by atoms with Gasteiger partial charge in [-0.1, -0.05) is 18.2 Å². The van der Waals surface area contributed by atoms with Crippen molar-refractivity contribution in [2.75, 3.05) is 11.9 Å². The zero-order valence-electron chi connectivity index (χ0n) is 14.6. The SMILES string of the molecule is C[C@H](Cc1c[nH]c2ccccc12)NC(=O)CNc1nc(Cl)nc2nc[nH]c12. The molecule has 9 heteroatoms. The molecule has 27 heavy (non-hydrogen) atoms. The van der Waals surface area contributed by atoms with Gasteiger partial charge in [0.1, 0.15) is 5.52 Å². The van der Waals surface area contributed by atoms with Crippen LogP contribution in [0.2, 0.25) is 5.28 Å². The van der Waals surface area contributed by atoms with E-state index in [0.717, 1.165) is 11.9 Å². The number of nitrogens with zero attached hydrogens (tertiary/aromatic N) is 3. The summed E-state index contributed by atoms with van der Waals surface area (Å²) in [5.41, 5.74) is 3.33. The second kappa shape index (κ2) is 7.24. The summed E-state index contributed by atoms with van der Waals surface area (Å²) in [4.78, 5) is 30.6. The van der Waals surface area contributed by atoms with Crippen molar-refractivity contribution in [2.45, 2.75) is 19.4 Å². The molecule has 0 radical (unpaired) electrons. The van der Waals surface area contributed by atoms with Crippen molar-refractivity contribution >= 4 is 45.4 Å². The highest BCUT2D eigenvalue weighted by molar-refractivity contribution is 6.28. The number of amides is 1. The average Bonchev–Trinajstić information content (AvgIpc) is 3.27. The largest absolute Gasteiger partial charge is 0.361 e. The number of carbonyl (C=O) groups is 1. The summed E-state index contributed by atoms with van der Waals surface area (Å²) in [7, 11) is 0. The molecule has 0 saturated carbocycles. The third-order valence-corrected chi connectivity index (χ3v) is 4.45. The standard InChI is InChI=1S/C18H18ClN7O/c1-10(6-11-7-20-13-5-3-2-4-12(11)13)24-14(27)8-21-16-15-17(23-9-22-15)26-18(19)25-16/h2-5,7,9-10,20H,6,8H2,1H3,(H,24,27)(H2,21,22,23,25,26)/t10-/m1/s1. The van der Waals surface area contributed by atoms with Crippen LogP contribution in [0.25, 0.3) is 22.1 Å². The summed E-state index contributed by atoms with van der Waals surface area (Å²) in [5.74, 6) is 0.312. The second-order valence-electron chi connectivity index (χ2n) is 6.33. The molecule has 0 fully saturated rings. The lowest BCUT2D eigenvalue weighted by molar-refractivity contribution is -0.119. The number of H-pyrrole nitrogens is 2.